The van der Waals surface area contributed by atoms with Crippen molar-refractivity contribution < 1.29 is 23.8 Å². The number of aliphatic hydroxyl groups excluding tert-OH is 1. The van der Waals surface area contributed by atoms with E-state index in [1.54, 1.807) is 19.1 Å². The molecule has 2 aromatic rings. The van der Waals surface area contributed by atoms with Gasteiger partial charge in [0.15, 0.2) is 0 Å². The summed E-state index contributed by atoms with van der Waals surface area (Å²) >= 11 is 0. The third-order valence-corrected chi connectivity index (χ3v) is 4.47. The van der Waals surface area contributed by atoms with Crippen molar-refractivity contribution in [2.24, 2.45) is 0 Å². The van der Waals surface area contributed by atoms with E-state index in [0.29, 0.717) is 29.7 Å². The van der Waals surface area contributed by atoms with Crippen LogP contribution in [0.2, 0.25) is 0 Å². The molecular formula is C24H29FO4. The number of esters is 1. The van der Waals surface area contributed by atoms with Crippen molar-refractivity contribution >= 4 is 5.97 Å². The summed E-state index contributed by atoms with van der Waals surface area (Å²) in [7, 11) is 0. The minimum atomic E-state index is -0.414. The van der Waals surface area contributed by atoms with Crippen LogP contribution in [0.15, 0.2) is 48.6 Å². The summed E-state index contributed by atoms with van der Waals surface area (Å²) in [5, 5.41) is 8.98. The number of aryl methyl sites for hydroxylation is 2. The number of ether oxygens (including phenoxy) is 2. The van der Waals surface area contributed by atoms with E-state index in [9.17, 15) is 9.18 Å². The van der Waals surface area contributed by atoms with Gasteiger partial charge in [-0.1, -0.05) is 38.1 Å². The number of halogens is 1. The van der Waals surface area contributed by atoms with Gasteiger partial charge in [-0.25, -0.2) is 9.18 Å². The van der Waals surface area contributed by atoms with E-state index in [1.807, 2.05) is 24.3 Å². The van der Waals surface area contributed by atoms with Gasteiger partial charge in [-0.15, -0.1) is 0 Å². The first-order valence-electron chi connectivity index (χ1n) is 9.94. The number of benzene rings is 2. The van der Waals surface area contributed by atoms with E-state index >= 15 is 0 Å². The first kappa shape index (κ1) is 22.6. The van der Waals surface area contributed by atoms with Crippen LogP contribution in [0.5, 0.6) is 5.75 Å². The molecular weight excluding hydrogens is 371 g/mol. The molecule has 0 unspecified atom stereocenters. The standard InChI is InChI=1S/C24H29FO4/c1-4-6-18-8-10-22(23(25)15-18)21-11-9-20(28-14-12-26)16-19(21)7-5-13-29-24(27)17(2)3/h8-11,15-16,26H,2,4-7,12-14H2,1,3H3. The Balaban J connectivity index is 2.23. The molecule has 5 heteroatoms. The zero-order chi connectivity index (χ0) is 21.2. The lowest BCUT2D eigenvalue weighted by Gasteiger charge is -2.14. The largest absolute Gasteiger partial charge is 0.491 e. The summed E-state index contributed by atoms with van der Waals surface area (Å²) in [5.41, 5.74) is 3.55. The second kappa shape index (κ2) is 11.4. The maximum absolute atomic E-state index is 14.8. The van der Waals surface area contributed by atoms with Crippen molar-refractivity contribution in [2.75, 3.05) is 19.8 Å². The molecule has 4 nitrogen and oxygen atoms in total. The van der Waals surface area contributed by atoms with Crippen molar-refractivity contribution in [1.82, 2.24) is 0 Å². The van der Waals surface area contributed by atoms with Gasteiger partial charge in [-0.3, -0.25) is 0 Å². The van der Waals surface area contributed by atoms with Crippen LogP contribution in [-0.2, 0) is 22.4 Å². The van der Waals surface area contributed by atoms with E-state index in [-0.39, 0.29) is 25.6 Å². The summed E-state index contributed by atoms with van der Waals surface area (Å²) in [6.45, 7) is 7.59. The van der Waals surface area contributed by atoms with Crippen molar-refractivity contribution in [2.45, 2.75) is 39.5 Å². The van der Waals surface area contributed by atoms with Crippen LogP contribution in [0.25, 0.3) is 11.1 Å². The van der Waals surface area contributed by atoms with Gasteiger partial charge in [0.1, 0.15) is 18.2 Å². The zero-order valence-corrected chi connectivity index (χ0v) is 17.2. The molecule has 0 heterocycles. The van der Waals surface area contributed by atoms with Gasteiger partial charge < -0.3 is 14.6 Å². The molecule has 0 bridgehead atoms. The van der Waals surface area contributed by atoms with Crippen LogP contribution < -0.4 is 4.74 Å². The molecule has 0 amide bonds. The second-order valence-electron chi connectivity index (χ2n) is 6.98. The monoisotopic (exact) mass is 400 g/mol. The fraction of sp³-hybridized carbons (Fsp3) is 0.375. The van der Waals surface area contributed by atoms with Crippen molar-refractivity contribution in [3.05, 3.63) is 65.5 Å². The third kappa shape index (κ3) is 6.71. The Kier molecular flexibility index (Phi) is 8.87. The van der Waals surface area contributed by atoms with E-state index < -0.39 is 5.97 Å². The third-order valence-electron chi connectivity index (χ3n) is 4.47. The molecule has 0 aliphatic heterocycles. The molecule has 1 N–H and O–H groups in total. The summed E-state index contributed by atoms with van der Waals surface area (Å²) in [4.78, 5) is 11.5. The number of hydrogen-bond donors (Lipinski definition) is 1. The fourth-order valence-electron chi connectivity index (χ4n) is 3.06. The highest BCUT2D eigenvalue weighted by molar-refractivity contribution is 5.86. The van der Waals surface area contributed by atoms with E-state index in [0.717, 1.165) is 29.5 Å². The molecule has 2 rings (SSSR count). The molecule has 0 aromatic heterocycles. The Bertz CT molecular complexity index is 845. The van der Waals surface area contributed by atoms with Gasteiger partial charge in [0.25, 0.3) is 0 Å². The normalized spacial score (nSPS) is 10.6. The molecule has 0 radical (unpaired) electrons. The Morgan fingerprint density at radius 1 is 1.10 bits per heavy atom. The highest BCUT2D eigenvalue weighted by Gasteiger charge is 2.13. The maximum Gasteiger partial charge on any atom is 0.333 e. The number of rotatable bonds is 11. The molecule has 0 atom stereocenters. The van der Waals surface area contributed by atoms with Crippen LogP contribution in [0.3, 0.4) is 0 Å². The van der Waals surface area contributed by atoms with Crippen LogP contribution in [0, 0.1) is 5.82 Å². The molecule has 0 fully saturated rings. The predicted molar refractivity (Wildman–Crippen MR) is 113 cm³/mol. The van der Waals surface area contributed by atoms with Crippen LogP contribution >= 0.6 is 0 Å². The van der Waals surface area contributed by atoms with Crippen molar-refractivity contribution in [3.8, 4) is 16.9 Å². The predicted octanol–water partition coefficient (Wildman–Crippen LogP) is 4.87. The SMILES string of the molecule is C=C(C)C(=O)OCCCc1cc(OCCO)ccc1-c1ccc(CCC)cc1F. The number of aliphatic hydroxyl groups is 1. The molecule has 0 aliphatic carbocycles. The highest BCUT2D eigenvalue weighted by atomic mass is 19.1. The molecule has 2 aromatic carbocycles. The summed E-state index contributed by atoms with van der Waals surface area (Å²) in [6, 6.07) is 10.8. The summed E-state index contributed by atoms with van der Waals surface area (Å²) < 4.78 is 25.4. The van der Waals surface area contributed by atoms with Crippen LogP contribution in [-0.4, -0.2) is 30.9 Å². The Morgan fingerprint density at radius 3 is 2.52 bits per heavy atom. The van der Waals surface area contributed by atoms with Gasteiger partial charge in [-0.05, 0) is 61.1 Å². The number of carbonyl (C=O) groups excluding carboxylic acids is 1. The van der Waals surface area contributed by atoms with Gasteiger partial charge in [-0.2, -0.15) is 0 Å². The molecule has 29 heavy (non-hydrogen) atoms. The fourth-order valence-corrected chi connectivity index (χ4v) is 3.06. The first-order valence-corrected chi connectivity index (χ1v) is 9.94. The minimum Gasteiger partial charge on any atom is -0.491 e. The number of carbonyl (C=O) groups is 1. The van der Waals surface area contributed by atoms with Crippen LogP contribution in [0.1, 0.15) is 37.8 Å². The summed E-state index contributed by atoms with van der Waals surface area (Å²) in [6.07, 6.45) is 2.98. The average Bonchev–Trinajstić information content (AvgIpc) is 2.70. The summed E-state index contributed by atoms with van der Waals surface area (Å²) in [5.74, 6) is -0.0579. The topological polar surface area (TPSA) is 55.8 Å². The number of hydrogen-bond acceptors (Lipinski definition) is 4. The van der Waals surface area contributed by atoms with Gasteiger partial charge in [0, 0.05) is 11.1 Å². The molecule has 0 aliphatic rings. The van der Waals surface area contributed by atoms with Gasteiger partial charge in [0.2, 0.25) is 0 Å². The van der Waals surface area contributed by atoms with E-state index in [2.05, 4.69) is 13.5 Å². The Morgan fingerprint density at radius 2 is 1.86 bits per heavy atom. The first-order chi connectivity index (χ1) is 14.0. The maximum atomic E-state index is 14.8. The lowest BCUT2D eigenvalue weighted by Crippen LogP contribution is -2.07. The Labute approximate surface area is 172 Å². The van der Waals surface area contributed by atoms with E-state index in [1.165, 1.54) is 0 Å². The Hall–Kier alpha value is -2.66. The van der Waals surface area contributed by atoms with Gasteiger partial charge >= 0.3 is 5.97 Å². The highest BCUT2D eigenvalue weighted by Crippen LogP contribution is 2.31. The zero-order valence-electron chi connectivity index (χ0n) is 17.2. The lowest BCUT2D eigenvalue weighted by molar-refractivity contribution is -0.139. The molecule has 156 valence electrons. The second-order valence-corrected chi connectivity index (χ2v) is 6.98. The van der Waals surface area contributed by atoms with Crippen LogP contribution in [0.4, 0.5) is 4.39 Å². The van der Waals surface area contributed by atoms with Crippen molar-refractivity contribution in [1.29, 1.82) is 0 Å². The van der Waals surface area contributed by atoms with Gasteiger partial charge in [0.05, 0.1) is 13.2 Å². The molecule has 0 saturated heterocycles. The average molecular weight is 400 g/mol. The smallest absolute Gasteiger partial charge is 0.333 e. The molecule has 0 saturated carbocycles. The quantitative estimate of drug-likeness (QED) is 0.332. The van der Waals surface area contributed by atoms with Crippen molar-refractivity contribution in [3.63, 3.8) is 0 Å². The molecule has 0 spiro atoms. The minimum absolute atomic E-state index is 0.0819. The lowest BCUT2D eigenvalue weighted by atomic mass is 9.94. The van der Waals surface area contributed by atoms with E-state index in [4.69, 9.17) is 14.6 Å².